The second kappa shape index (κ2) is 5.34. The van der Waals surface area contributed by atoms with Crippen molar-refractivity contribution in [1.29, 1.82) is 0 Å². The molecule has 3 rings (SSSR count). The number of aryl methyl sites for hydroxylation is 1. The van der Waals surface area contributed by atoms with Crippen molar-refractivity contribution in [3.05, 3.63) is 45.3 Å². The van der Waals surface area contributed by atoms with Crippen LogP contribution in [0.25, 0.3) is 0 Å². The van der Waals surface area contributed by atoms with Crippen molar-refractivity contribution < 1.29 is 14.3 Å². The molecule has 0 atom stereocenters. The molecular weight excluding hydrogens is 310 g/mol. The van der Waals surface area contributed by atoms with Gasteiger partial charge in [0.05, 0.1) is 19.9 Å². The predicted octanol–water partition coefficient (Wildman–Crippen LogP) is 2.31. The topological polar surface area (TPSA) is 73.7 Å². The third kappa shape index (κ3) is 2.29. The molecule has 0 saturated heterocycles. The molecule has 1 aromatic carbocycles. The van der Waals surface area contributed by atoms with Crippen LogP contribution in [-0.2, 0) is 18.3 Å². The number of hydrogen-bond donors (Lipinski definition) is 0. The minimum Gasteiger partial charge on any atom is -0.452 e. The number of fused-ring (bicyclic) bond motifs is 2. The van der Waals surface area contributed by atoms with E-state index in [9.17, 15) is 9.59 Å². The monoisotopic (exact) mass is 321 g/mol. The number of nitrogens with zero attached hydrogens (tertiary/aromatic N) is 3. The Morgan fingerprint density at radius 2 is 2.23 bits per heavy atom. The van der Waals surface area contributed by atoms with Crippen LogP contribution in [0.4, 0.5) is 10.5 Å². The van der Waals surface area contributed by atoms with Gasteiger partial charge in [-0.3, -0.25) is 9.69 Å². The van der Waals surface area contributed by atoms with Crippen LogP contribution >= 0.6 is 11.6 Å². The van der Waals surface area contributed by atoms with Gasteiger partial charge < -0.3 is 9.47 Å². The Morgan fingerprint density at radius 3 is 2.95 bits per heavy atom. The molecule has 114 valence electrons. The van der Waals surface area contributed by atoms with Gasteiger partial charge in [0.2, 0.25) is 5.75 Å². The molecule has 0 fully saturated rings. The van der Waals surface area contributed by atoms with Crippen molar-refractivity contribution in [2.24, 2.45) is 7.05 Å². The number of aromatic nitrogens is 2. The molecule has 0 spiro atoms. The number of halogens is 1. The number of hydrogen-bond acceptors (Lipinski definition) is 5. The van der Waals surface area contributed by atoms with Gasteiger partial charge in [-0.25, -0.2) is 9.48 Å². The van der Waals surface area contributed by atoms with Crippen LogP contribution in [0, 0.1) is 0 Å². The van der Waals surface area contributed by atoms with Crippen LogP contribution < -0.4 is 15.2 Å². The first-order valence-electron chi connectivity index (χ1n) is 6.39. The van der Waals surface area contributed by atoms with Crippen molar-refractivity contribution >= 4 is 23.4 Å². The minimum absolute atomic E-state index is 0.0176. The minimum atomic E-state index is -0.618. The predicted molar refractivity (Wildman–Crippen MR) is 79.6 cm³/mol. The lowest BCUT2D eigenvalue weighted by Gasteiger charge is -2.19. The molecule has 1 aliphatic rings. The summed E-state index contributed by atoms with van der Waals surface area (Å²) in [4.78, 5) is 25.6. The molecule has 0 aliphatic carbocycles. The number of anilines is 1. The number of benzene rings is 1. The van der Waals surface area contributed by atoms with E-state index in [4.69, 9.17) is 21.1 Å². The third-order valence-corrected chi connectivity index (χ3v) is 3.56. The summed E-state index contributed by atoms with van der Waals surface area (Å²) < 4.78 is 11.6. The Hall–Kier alpha value is -2.54. The molecule has 22 heavy (non-hydrogen) atoms. The molecule has 0 radical (unpaired) electrons. The van der Waals surface area contributed by atoms with Gasteiger partial charge in [-0.2, -0.15) is 5.10 Å². The Balaban J connectivity index is 2.24. The Morgan fingerprint density at radius 1 is 1.45 bits per heavy atom. The lowest BCUT2D eigenvalue weighted by Crippen LogP contribution is -2.32. The number of carbonyl (C=O) groups excluding carboxylic acids is 1. The fraction of sp³-hybridized carbons (Fsp3) is 0.214. The fourth-order valence-corrected chi connectivity index (χ4v) is 2.40. The van der Waals surface area contributed by atoms with Crippen LogP contribution in [-0.4, -0.2) is 23.0 Å². The lowest BCUT2D eigenvalue weighted by atomic mass is 10.2. The summed E-state index contributed by atoms with van der Waals surface area (Å²) in [6.07, 6.45) is 0.772. The zero-order valence-corrected chi connectivity index (χ0v) is 12.6. The highest BCUT2D eigenvalue weighted by atomic mass is 35.5. The zero-order valence-electron chi connectivity index (χ0n) is 11.9. The van der Waals surface area contributed by atoms with E-state index in [-0.39, 0.29) is 18.0 Å². The average Bonchev–Trinajstić information content (AvgIpc) is 2.67. The van der Waals surface area contributed by atoms with E-state index in [0.717, 1.165) is 4.68 Å². The second-order valence-electron chi connectivity index (χ2n) is 4.70. The summed E-state index contributed by atoms with van der Waals surface area (Å²) in [5, 5.41) is 4.43. The molecule has 2 aromatic rings. The molecule has 1 amide bonds. The number of rotatable bonds is 0. The summed E-state index contributed by atoms with van der Waals surface area (Å²) in [6.45, 7) is 0.157. The summed E-state index contributed by atoms with van der Waals surface area (Å²) >= 11 is 5.99. The van der Waals surface area contributed by atoms with E-state index in [2.05, 4.69) is 5.10 Å². The highest BCUT2D eigenvalue weighted by molar-refractivity contribution is 6.30. The van der Waals surface area contributed by atoms with Crippen molar-refractivity contribution in [2.45, 2.75) is 6.54 Å². The Bertz CT molecular complexity index is 818. The molecule has 0 bridgehead atoms. The van der Waals surface area contributed by atoms with Crippen LogP contribution in [0.15, 0.2) is 29.2 Å². The second-order valence-corrected chi connectivity index (χ2v) is 5.13. The van der Waals surface area contributed by atoms with Crippen LogP contribution in [0.1, 0.15) is 5.56 Å². The summed E-state index contributed by atoms with van der Waals surface area (Å²) in [7, 11) is 2.77. The van der Waals surface area contributed by atoms with Crippen LogP contribution in [0.3, 0.4) is 0 Å². The maximum absolute atomic E-state index is 12.3. The van der Waals surface area contributed by atoms with Gasteiger partial charge in [0.15, 0.2) is 0 Å². The van der Waals surface area contributed by atoms with Gasteiger partial charge >= 0.3 is 11.7 Å². The van der Waals surface area contributed by atoms with Gasteiger partial charge in [0.1, 0.15) is 11.4 Å². The van der Waals surface area contributed by atoms with Gasteiger partial charge in [-0.1, -0.05) is 11.6 Å². The normalized spacial score (nSPS) is 12.8. The first kappa shape index (κ1) is 14.4. The molecule has 1 aliphatic heterocycles. The maximum Gasteiger partial charge on any atom is 0.414 e. The van der Waals surface area contributed by atoms with Crippen molar-refractivity contribution in [3.63, 3.8) is 0 Å². The van der Waals surface area contributed by atoms with E-state index < -0.39 is 11.7 Å². The van der Waals surface area contributed by atoms with Gasteiger partial charge in [-0.15, -0.1) is 0 Å². The molecule has 1 aromatic heterocycles. The third-order valence-electron chi connectivity index (χ3n) is 3.32. The molecule has 0 saturated carbocycles. The molecule has 8 heteroatoms. The smallest absolute Gasteiger partial charge is 0.414 e. The first-order valence-corrected chi connectivity index (χ1v) is 6.77. The highest BCUT2D eigenvalue weighted by Gasteiger charge is 2.29. The standard InChI is InChI=1S/C14H12ClN3O4/c1-17-13(19)12-10(6-16-17)18(14(20)21-2)7-8-5-9(15)3-4-11(8)22-12/h3-6H,7H2,1-2H3. The summed E-state index contributed by atoms with van der Waals surface area (Å²) in [5.74, 6) is 0.476. The van der Waals surface area contributed by atoms with Crippen LogP contribution in [0.5, 0.6) is 11.5 Å². The molecule has 0 N–H and O–H groups in total. The van der Waals surface area contributed by atoms with E-state index >= 15 is 0 Å². The SMILES string of the molecule is COC(=O)N1Cc2cc(Cl)ccc2Oc2c1cnn(C)c2=O. The Labute approximate surface area is 130 Å². The lowest BCUT2D eigenvalue weighted by molar-refractivity contribution is 0.178. The Kier molecular flexibility index (Phi) is 3.50. The fourth-order valence-electron chi connectivity index (χ4n) is 2.21. The van der Waals surface area contributed by atoms with Crippen LogP contribution in [0.2, 0.25) is 5.02 Å². The number of methoxy groups -OCH3 is 1. The molecular formula is C14H12ClN3O4. The molecule has 0 unspecified atom stereocenters. The highest BCUT2D eigenvalue weighted by Crippen LogP contribution is 2.37. The van der Waals surface area contributed by atoms with E-state index in [1.165, 1.54) is 25.3 Å². The van der Waals surface area contributed by atoms with Gasteiger partial charge in [0.25, 0.3) is 0 Å². The van der Waals surface area contributed by atoms with Gasteiger partial charge in [0, 0.05) is 17.6 Å². The quantitative estimate of drug-likeness (QED) is 0.744. The van der Waals surface area contributed by atoms with Gasteiger partial charge in [-0.05, 0) is 18.2 Å². The van der Waals surface area contributed by atoms with E-state index in [0.29, 0.717) is 16.3 Å². The first-order chi connectivity index (χ1) is 10.5. The van der Waals surface area contributed by atoms with Crippen molar-refractivity contribution in [1.82, 2.24) is 9.78 Å². The maximum atomic E-state index is 12.3. The largest absolute Gasteiger partial charge is 0.452 e. The average molecular weight is 322 g/mol. The van der Waals surface area contributed by atoms with Crippen molar-refractivity contribution in [3.8, 4) is 11.5 Å². The summed E-state index contributed by atoms with van der Waals surface area (Å²) in [6, 6.07) is 4.98. The van der Waals surface area contributed by atoms with E-state index in [1.807, 2.05) is 0 Å². The zero-order chi connectivity index (χ0) is 15.9. The summed E-state index contributed by atoms with van der Waals surface area (Å²) in [5.41, 5.74) is 0.465. The molecule has 7 nitrogen and oxygen atoms in total. The number of carbonyl (C=O) groups is 1. The number of ether oxygens (including phenoxy) is 2. The van der Waals surface area contributed by atoms with E-state index in [1.54, 1.807) is 18.2 Å². The van der Waals surface area contributed by atoms with Crippen molar-refractivity contribution in [2.75, 3.05) is 12.0 Å². The molecule has 2 heterocycles. The number of amides is 1.